The van der Waals surface area contributed by atoms with Gasteiger partial charge in [0, 0.05) is 13.1 Å². The lowest BCUT2D eigenvalue weighted by molar-refractivity contribution is -0.139. The number of benzene rings is 1. The third-order valence-electron chi connectivity index (χ3n) is 3.34. The zero-order valence-electron chi connectivity index (χ0n) is 11.9. The summed E-state index contributed by atoms with van der Waals surface area (Å²) in [6, 6.07) is 5.84. The molecule has 0 unspecified atom stereocenters. The zero-order valence-corrected chi connectivity index (χ0v) is 12.7. The highest BCUT2D eigenvalue weighted by molar-refractivity contribution is 7.89. The fourth-order valence-electron chi connectivity index (χ4n) is 1.99. The molecule has 1 aromatic rings. The Labute approximate surface area is 124 Å². The van der Waals surface area contributed by atoms with E-state index in [2.05, 4.69) is 0 Å². The molecule has 0 saturated heterocycles. The summed E-state index contributed by atoms with van der Waals surface area (Å²) < 4.78 is 31.5. The monoisotopic (exact) mass is 313 g/mol. The Bertz CT molecular complexity index is 592. The Balaban J connectivity index is 2.09. The molecule has 7 heteroatoms. The first kappa shape index (κ1) is 15.8. The quantitative estimate of drug-likeness (QED) is 0.787. The van der Waals surface area contributed by atoms with Crippen molar-refractivity contribution in [2.24, 2.45) is 5.92 Å². The van der Waals surface area contributed by atoms with Gasteiger partial charge >= 0.3 is 5.97 Å². The lowest BCUT2D eigenvalue weighted by Crippen LogP contribution is -2.32. The second-order valence-corrected chi connectivity index (χ2v) is 6.99. The van der Waals surface area contributed by atoms with Crippen LogP contribution in [0, 0.1) is 5.92 Å². The van der Waals surface area contributed by atoms with Crippen LogP contribution in [0.15, 0.2) is 29.2 Å². The number of hydrogen-bond acceptors (Lipinski definition) is 4. The molecule has 21 heavy (non-hydrogen) atoms. The number of rotatable bonds is 8. The summed E-state index contributed by atoms with van der Waals surface area (Å²) in [4.78, 5) is 10.6. The standard InChI is InChI=1S/C14H19NO5S/c1-2-15(9-11-3-4-11)21(18,19)13-7-5-12(6-8-13)20-10-14(16)17/h5-8,11H,2-4,9-10H2,1H3,(H,16,17). The number of carboxylic acids is 1. The SMILES string of the molecule is CCN(CC1CC1)S(=O)(=O)c1ccc(OCC(=O)O)cc1. The first-order valence-corrected chi connectivity index (χ1v) is 8.32. The molecule has 0 heterocycles. The van der Waals surface area contributed by atoms with E-state index in [4.69, 9.17) is 9.84 Å². The highest BCUT2D eigenvalue weighted by atomic mass is 32.2. The summed E-state index contributed by atoms with van der Waals surface area (Å²) in [5.41, 5.74) is 0. The van der Waals surface area contributed by atoms with Crippen LogP contribution in [0.3, 0.4) is 0 Å². The predicted molar refractivity (Wildman–Crippen MR) is 76.7 cm³/mol. The van der Waals surface area contributed by atoms with Gasteiger partial charge in [-0.2, -0.15) is 4.31 Å². The molecule has 1 aromatic carbocycles. The van der Waals surface area contributed by atoms with Crippen LogP contribution in [0.1, 0.15) is 19.8 Å². The molecule has 0 bridgehead atoms. The van der Waals surface area contributed by atoms with Crippen molar-refractivity contribution < 1.29 is 23.1 Å². The first-order chi connectivity index (χ1) is 9.93. The van der Waals surface area contributed by atoms with E-state index in [9.17, 15) is 13.2 Å². The Morgan fingerprint density at radius 1 is 1.33 bits per heavy atom. The minimum absolute atomic E-state index is 0.202. The van der Waals surface area contributed by atoms with Crippen LogP contribution in [0.25, 0.3) is 0 Å². The Morgan fingerprint density at radius 3 is 2.43 bits per heavy atom. The highest BCUT2D eigenvalue weighted by Crippen LogP contribution is 2.31. The molecule has 0 amide bonds. The number of carboxylic acid groups (broad SMARTS) is 1. The van der Waals surface area contributed by atoms with E-state index in [1.165, 1.54) is 28.6 Å². The Hall–Kier alpha value is -1.60. The molecular formula is C14H19NO5S. The second-order valence-electron chi connectivity index (χ2n) is 5.05. The normalized spacial score (nSPS) is 15.1. The van der Waals surface area contributed by atoms with Crippen molar-refractivity contribution >= 4 is 16.0 Å². The summed E-state index contributed by atoms with van der Waals surface area (Å²) in [7, 11) is -3.49. The third kappa shape index (κ3) is 4.18. The van der Waals surface area contributed by atoms with Crippen molar-refractivity contribution in [2.75, 3.05) is 19.7 Å². The molecule has 2 rings (SSSR count). The summed E-state index contributed by atoms with van der Waals surface area (Å²) in [5, 5.41) is 8.53. The lowest BCUT2D eigenvalue weighted by atomic mass is 10.3. The molecular weight excluding hydrogens is 294 g/mol. The maximum atomic E-state index is 12.5. The third-order valence-corrected chi connectivity index (χ3v) is 5.29. The van der Waals surface area contributed by atoms with Crippen LogP contribution < -0.4 is 4.74 Å². The van der Waals surface area contributed by atoms with Crippen LogP contribution in [-0.4, -0.2) is 43.5 Å². The zero-order chi connectivity index (χ0) is 15.5. The van der Waals surface area contributed by atoms with Crippen molar-refractivity contribution in [3.05, 3.63) is 24.3 Å². The minimum atomic E-state index is -3.49. The minimum Gasteiger partial charge on any atom is -0.482 e. The number of sulfonamides is 1. The summed E-state index contributed by atoms with van der Waals surface area (Å²) in [5.74, 6) is -0.257. The van der Waals surface area contributed by atoms with E-state index in [1.807, 2.05) is 6.92 Å². The van der Waals surface area contributed by atoms with Gasteiger partial charge < -0.3 is 9.84 Å². The molecule has 0 aromatic heterocycles. The largest absolute Gasteiger partial charge is 0.482 e. The van der Waals surface area contributed by atoms with Gasteiger partial charge in [-0.05, 0) is 43.0 Å². The molecule has 0 radical (unpaired) electrons. The summed E-state index contributed by atoms with van der Waals surface area (Å²) in [6.45, 7) is 2.38. The summed E-state index contributed by atoms with van der Waals surface area (Å²) >= 11 is 0. The smallest absolute Gasteiger partial charge is 0.341 e. The van der Waals surface area contributed by atoms with Gasteiger partial charge in [0.15, 0.2) is 6.61 Å². The van der Waals surface area contributed by atoms with Gasteiger partial charge in [-0.25, -0.2) is 13.2 Å². The van der Waals surface area contributed by atoms with Crippen molar-refractivity contribution in [3.8, 4) is 5.75 Å². The first-order valence-electron chi connectivity index (χ1n) is 6.88. The van der Waals surface area contributed by atoms with Gasteiger partial charge in [0.05, 0.1) is 4.90 Å². The molecule has 1 aliphatic rings. The van der Waals surface area contributed by atoms with Crippen LogP contribution in [0.4, 0.5) is 0 Å². The molecule has 0 spiro atoms. The van der Waals surface area contributed by atoms with Crippen LogP contribution in [0.5, 0.6) is 5.75 Å². The number of ether oxygens (including phenoxy) is 1. The summed E-state index contributed by atoms with van der Waals surface area (Å²) in [6.07, 6.45) is 2.18. The highest BCUT2D eigenvalue weighted by Gasteiger charge is 2.30. The number of hydrogen-bond donors (Lipinski definition) is 1. The van der Waals surface area contributed by atoms with Gasteiger partial charge in [0.25, 0.3) is 0 Å². The van der Waals surface area contributed by atoms with Crippen molar-refractivity contribution in [1.82, 2.24) is 4.31 Å². The lowest BCUT2D eigenvalue weighted by Gasteiger charge is -2.20. The Morgan fingerprint density at radius 2 is 1.95 bits per heavy atom. The van der Waals surface area contributed by atoms with E-state index in [0.29, 0.717) is 24.8 Å². The number of carbonyl (C=O) groups is 1. The van der Waals surface area contributed by atoms with Gasteiger partial charge in [-0.1, -0.05) is 6.92 Å². The fourth-order valence-corrected chi connectivity index (χ4v) is 3.51. The average Bonchev–Trinajstić information content (AvgIpc) is 3.26. The number of nitrogens with zero attached hydrogens (tertiary/aromatic N) is 1. The Kier molecular flexibility index (Phi) is 4.84. The second kappa shape index (κ2) is 6.44. The van der Waals surface area contributed by atoms with E-state index >= 15 is 0 Å². The van der Waals surface area contributed by atoms with E-state index in [-0.39, 0.29) is 4.90 Å². The van der Waals surface area contributed by atoms with Crippen molar-refractivity contribution in [1.29, 1.82) is 0 Å². The molecule has 0 atom stereocenters. The topological polar surface area (TPSA) is 83.9 Å². The van der Waals surface area contributed by atoms with E-state index in [0.717, 1.165) is 12.8 Å². The molecule has 116 valence electrons. The molecule has 1 aliphatic carbocycles. The van der Waals surface area contributed by atoms with Crippen LogP contribution in [-0.2, 0) is 14.8 Å². The molecule has 0 aliphatic heterocycles. The van der Waals surface area contributed by atoms with E-state index in [1.54, 1.807) is 0 Å². The van der Waals surface area contributed by atoms with E-state index < -0.39 is 22.6 Å². The predicted octanol–water partition coefficient (Wildman–Crippen LogP) is 1.57. The number of aliphatic carboxylic acids is 1. The molecule has 6 nitrogen and oxygen atoms in total. The molecule has 1 N–H and O–H groups in total. The average molecular weight is 313 g/mol. The van der Waals surface area contributed by atoms with Crippen molar-refractivity contribution in [3.63, 3.8) is 0 Å². The maximum Gasteiger partial charge on any atom is 0.341 e. The van der Waals surface area contributed by atoms with Gasteiger partial charge in [-0.15, -0.1) is 0 Å². The van der Waals surface area contributed by atoms with Crippen LogP contribution >= 0.6 is 0 Å². The van der Waals surface area contributed by atoms with Crippen molar-refractivity contribution in [2.45, 2.75) is 24.7 Å². The molecule has 1 fully saturated rings. The van der Waals surface area contributed by atoms with Gasteiger partial charge in [0.1, 0.15) is 5.75 Å². The fraction of sp³-hybridized carbons (Fsp3) is 0.500. The van der Waals surface area contributed by atoms with Crippen LogP contribution in [0.2, 0.25) is 0 Å². The van der Waals surface area contributed by atoms with Gasteiger partial charge in [0.2, 0.25) is 10.0 Å². The van der Waals surface area contributed by atoms with Gasteiger partial charge in [-0.3, -0.25) is 0 Å². The molecule has 1 saturated carbocycles. The maximum absolute atomic E-state index is 12.5.